The van der Waals surface area contributed by atoms with Crippen LogP contribution in [0, 0.1) is 0 Å². The van der Waals surface area contributed by atoms with E-state index in [0.29, 0.717) is 24.7 Å². The van der Waals surface area contributed by atoms with Gasteiger partial charge in [-0.05, 0) is 30.2 Å². The maximum absolute atomic E-state index is 11.5. The van der Waals surface area contributed by atoms with Gasteiger partial charge in [0.1, 0.15) is 17.9 Å². The van der Waals surface area contributed by atoms with Crippen molar-refractivity contribution in [3.63, 3.8) is 0 Å². The Bertz CT molecular complexity index is 1100. The molecule has 0 spiro atoms. The third-order valence-corrected chi connectivity index (χ3v) is 5.43. The lowest BCUT2D eigenvalue weighted by Gasteiger charge is -2.09. The van der Waals surface area contributed by atoms with Crippen molar-refractivity contribution >= 4 is 15.7 Å². The normalized spacial score (nSPS) is 13.0. The minimum atomic E-state index is -3.32. The molecular formula is C19H19N5O3S. The average molecular weight is 397 g/mol. The van der Waals surface area contributed by atoms with Gasteiger partial charge in [0, 0.05) is 43.2 Å². The molecule has 0 radical (unpaired) electrons. The predicted octanol–water partition coefficient (Wildman–Crippen LogP) is 1.93. The van der Waals surface area contributed by atoms with Gasteiger partial charge in [-0.1, -0.05) is 0 Å². The Balaban J connectivity index is 1.44. The molecule has 0 aliphatic carbocycles. The molecule has 4 heterocycles. The SMILES string of the molecule is CS(=O)(=O)c1ccc(-c2cc(NCCc3ccnc4c3OCC4)ncn2)cn1. The van der Waals surface area contributed by atoms with Gasteiger partial charge in [-0.25, -0.2) is 23.4 Å². The first-order valence-electron chi connectivity index (χ1n) is 8.83. The minimum absolute atomic E-state index is 0.0377. The molecule has 0 unspecified atom stereocenters. The van der Waals surface area contributed by atoms with Gasteiger partial charge in [0.15, 0.2) is 14.9 Å². The highest BCUT2D eigenvalue weighted by Crippen LogP contribution is 2.27. The summed E-state index contributed by atoms with van der Waals surface area (Å²) in [6.45, 7) is 1.37. The molecule has 144 valence electrons. The molecule has 1 aliphatic heterocycles. The van der Waals surface area contributed by atoms with Crippen molar-refractivity contribution in [1.29, 1.82) is 0 Å². The topological polar surface area (TPSA) is 107 Å². The summed E-state index contributed by atoms with van der Waals surface area (Å²) in [5.74, 6) is 1.59. The third-order valence-electron chi connectivity index (χ3n) is 4.42. The molecule has 0 atom stereocenters. The summed E-state index contributed by atoms with van der Waals surface area (Å²) in [5.41, 5.74) is 3.54. The Kier molecular flexibility index (Phi) is 4.91. The lowest BCUT2D eigenvalue weighted by Crippen LogP contribution is -2.08. The van der Waals surface area contributed by atoms with E-state index in [1.165, 1.54) is 18.6 Å². The van der Waals surface area contributed by atoms with Gasteiger partial charge >= 0.3 is 0 Å². The molecular weight excluding hydrogens is 378 g/mol. The molecule has 4 rings (SSSR count). The van der Waals surface area contributed by atoms with Crippen molar-refractivity contribution in [2.45, 2.75) is 17.9 Å². The zero-order chi connectivity index (χ0) is 19.6. The van der Waals surface area contributed by atoms with Gasteiger partial charge in [0.05, 0.1) is 18.0 Å². The molecule has 9 heteroatoms. The van der Waals surface area contributed by atoms with Crippen LogP contribution >= 0.6 is 0 Å². The average Bonchev–Trinajstić information content (AvgIpc) is 3.17. The van der Waals surface area contributed by atoms with Crippen LogP contribution in [-0.2, 0) is 22.7 Å². The summed E-state index contributed by atoms with van der Waals surface area (Å²) in [4.78, 5) is 16.8. The molecule has 8 nitrogen and oxygen atoms in total. The van der Waals surface area contributed by atoms with Crippen molar-refractivity contribution in [1.82, 2.24) is 19.9 Å². The Morgan fingerprint density at radius 2 is 2.04 bits per heavy atom. The molecule has 0 saturated carbocycles. The van der Waals surface area contributed by atoms with Gasteiger partial charge in [-0.3, -0.25) is 4.98 Å². The van der Waals surface area contributed by atoms with Gasteiger partial charge in [0.2, 0.25) is 0 Å². The first-order valence-corrected chi connectivity index (χ1v) is 10.7. The first-order chi connectivity index (χ1) is 13.5. The zero-order valence-corrected chi connectivity index (χ0v) is 16.1. The van der Waals surface area contributed by atoms with Crippen molar-refractivity contribution in [2.75, 3.05) is 24.7 Å². The second kappa shape index (κ2) is 7.51. The summed E-state index contributed by atoms with van der Waals surface area (Å²) in [5, 5.41) is 3.32. The molecule has 1 N–H and O–H groups in total. The molecule has 3 aromatic heterocycles. The molecule has 0 aromatic carbocycles. The maximum Gasteiger partial charge on any atom is 0.192 e. The quantitative estimate of drug-likeness (QED) is 0.672. The van der Waals surface area contributed by atoms with E-state index in [9.17, 15) is 8.42 Å². The lowest BCUT2D eigenvalue weighted by atomic mass is 10.1. The van der Waals surface area contributed by atoms with Gasteiger partial charge < -0.3 is 10.1 Å². The fraction of sp³-hybridized carbons (Fsp3) is 0.263. The first kappa shape index (κ1) is 18.3. The summed E-state index contributed by atoms with van der Waals surface area (Å²) in [7, 11) is -3.32. The molecule has 0 amide bonds. The number of nitrogens with one attached hydrogen (secondary N) is 1. The van der Waals surface area contributed by atoms with Crippen LogP contribution in [0.3, 0.4) is 0 Å². The summed E-state index contributed by atoms with van der Waals surface area (Å²) >= 11 is 0. The Labute approximate surface area is 163 Å². The minimum Gasteiger partial charge on any atom is -0.491 e. The molecule has 0 bridgehead atoms. The zero-order valence-electron chi connectivity index (χ0n) is 15.3. The third kappa shape index (κ3) is 3.94. The highest BCUT2D eigenvalue weighted by molar-refractivity contribution is 7.90. The molecule has 3 aromatic rings. The lowest BCUT2D eigenvalue weighted by molar-refractivity contribution is 0.353. The van der Waals surface area contributed by atoms with Gasteiger partial charge in [-0.2, -0.15) is 0 Å². The number of fused-ring (bicyclic) bond motifs is 1. The summed E-state index contributed by atoms with van der Waals surface area (Å²) < 4.78 is 28.7. The number of ether oxygens (including phenoxy) is 1. The smallest absolute Gasteiger partial charge is 0.192 e. The highest BCUT2D eigenvalue weighted by atomic mass is 32.2. The monoisotopic (exact) mass is 397 g/mol. The number of sulfone groups is 1. The summed E-state index contributed by atoms with van der Waals surface area (Å²) in [6.07, 6.45) is 7.56. The van der Waals surface area contributed by atoms with E-state index in [0.717, 1.165) is 41.7 Å². The highest BCUT2D eigenvalue weighted by Gasteiger charge is 2.17. The summed E-state index contributed by atoms with van der Waals surface area (Å²) in [6, 6.07) is 6.95. The van der Waals surface area contributed by atoms with E-state index in [2.05, 4.69) is 25.3 Å². The van der Waals surface area contributed by atoms with E-state index >= 15 is 0 Å². The van der Waals surface area contributed by atoms with E-state index in [-0.39, 0.29) is 5.03 Å². The number of pyridine rings is 2. The van der Waals surface area contributed by atoms with Crippen molar-refractivity contribution in [3.8, 4) is 17.0 Å². The van der Waals surface area contributed by atoms with Crippen LogP contribution in [0.5, 0.6) is 5.75 Å². The van der Waals surface area contributed by atoms with E-state index in [1.807, 2.05) is 18.3 Å². The van der Waals surface area contributed by atoms with E-state index in [4.69, 9.17) is 4.74 Å². The van der Waals surface area contributed by atoms with E-state index in [1.54, 1.807) is 6.07 Å². The predicted molar refractivity (Wildman–Crippen MR) is 104 cm³/mol. The Hall–Kier alpha value is -3.07. The fourth-order valence-corrected chi connectivity index (χ4v) is 3.59. The maximum atomic E-state index is 11.5. The van der Waals surface area contributed by atoms with E-state index < -0.39 is 9.84 Å². The van der Waals surface area contributed by atoms with Gasteiger partial charge in [-0.15, -0.1) is 0 Å². The standard InChI is InChI=1S/C19H19N5O3S/c1-28(25,26)18-3-2-14(11-22-18)16-10-17(24-12-23-16)21-8-5-13-4-7-20-15-6-9-27-19(13)15/h2-4,7,10-12H,5-6,8-9H2,1H3,(H,21,23,24). The van der Waals surface area contributed by atoms with Gasteiger partial charge in [0.25, 0.3) is 0 Å². The van der Waals surface area contributed by atoms with Crippen molar-refractivity contribution < 1.29 is 13.2 Å². The number of hydrogen-bond donors (Lipinski definition) is 1. The largest absolute Gasteiger partial charge is 0.491 e. The van der Waals surface area contributed by atoms with Crippen LogP contribution in [0.25, 0.3) is 11.3 Å². The number of anilines is 1. The molecule has 0 saturated heterocycles. The Morgan fingerprint density at radius 1 is 1.14 bits per heavy atom. The number of aromatic nitrogens is 4. The van der Waals surface area contributed by atoms with Crippen LogP contribution in [-0.4, -0.2) is 47.8 Å². The van der Waals surface area contributed by atoms with Crippen LogP contribution in [0.1, 0.15) is 11.3 Å². The number of nitrogens with zero attached hydrogens (tertiary/aromatic N) is 4. The van der Waals surface area contributed by atoms with Crippen LogP contribution < -0.4 is 10.1 Å². The second-order valence-corrected chi connectivity index (χ2v) is 8.43. The van der Waals surface area contributed by atoms with Crippen molar-refractivity contribution in [3.05, 3.63) is 54.2 Å². The Morgan fingerprint density at radius 3 is 2.82 bits per heavy atom. The molecule has 28 heavy (non-hydrogen) atoms. The van der Waals surface area contributed by atoms with Crippen LogP contribution in [0.4, 0.5) is 5.82 Å². The number of hydrogen-bond acceptors (Lipinski definition) is 8. The van der Waals surface area contributed by atoms with Crippen LogP contribution in [0.2, 0.25) is 0 Å². The van der Waals surface area contributed by atoms with Crippen molar-refractivity contribution in [2.24, 2.45) is 0 Å². The fourth-order valence-electron chi connectivity index (χ4n) is 3.03. The second-order valence-electron chi connectivity index (χ2n) is 6.47. The van der Waals surface area contributed by atoms with Crippen LogP contribution in [0.15, 0.2) is 48.0 Å². The molecule has 0 fully saturated rings. The molecule has 1 aliphatic rings. The number of rotatable bonds is 6.